The Hall–Kier alpha value is -2.28. The number of amides is 1. The highest BCUT2D eigenvalue weighted by Crippen LogP contribution is 2.18. The monoisotopic (exact) mass is 241 g/mol. The molecule has 1 N–H and O–H groups in total. The molecule has 1 aromatic heterocycles. The van der Waals surface area contributed by atoms with E-state index in [1.54, 1.807) is 6.33 Å². The fourth-order valence-corrected chi connectivity index (χ4v) is 1.80. The van der Waals surface area contributed by atoms with E-state index in [0.29, 0.717) is 0 Å². The number of hydrogen-bond acceptors (Lipinski definition) is 2. The molecule has 1 aromatic carbocycles. The average Bonchev–Trinajstić information content (AvgIpc) is 2.70. The van der Waals surface area contributed by atoms with Gasteiger partial charge in [0, 0.05) is 0 Å². The van der Waals surface area contributed by atoms with E-state index in [4.69, 9.17) is 6.42 Å². The second kappa shape index (κ2) is 4.92. The first kappa shape index (κ1) is 12.2. The highest BCUT2D eigenvalue weighted by atomic mass is 16.1. The Morgan fingerprint density at radius 3 is 2.89 bits per heavy atom. The number of rotatable bonds is 3. The predicted molar refractivity (Wildman–Crippen MR) is 71.0 cm³/mol. The van der Waals surface area contributed by atoms with Gasteiger partial charge in [-0.2, -0.15) is 0 Å². The zero-order valence-electron chi connectivity index (χ0n) is 10.5. The SMILES string of the molecule is C#CCNC(=O)Cn1cnc2cc(C)c(C)cc21. The van der Waals surface area contributed by atoms with Gasteiger partial charge in [0.05, 0.1) is 23.9 Å². The first-order valence-corrected chi connectivity index (χ1v) is 5.74. The molecule has 0 saturated heterocycles. The van der Waals surface area contributed by atoms with Gasteiger partial charge in [0.25, 0.3) is 0 Å². The summed E-state index contributed by atoms with van der Waals surface area (Å²) in [4.78, 5) is 15.9. The molecule has 92 valence electrons. The van der Waals surface area contributed by atoms with Crippen LogP contribution in [0.3, 0.4) is 0 Å². The van der Waals surface area contributed by atoms with Crippen LogP contribution in [0.15, 0.2) is 18.5 Å². The fraction of sp³-hybridized carbons (Fsp3) is 0.286. The number of carbonyl (C=O) groups is 1. The molecule has 2 aromatic rings. The maximum Gasteiger partial charge on any atom is 0.240 e. The van der Waals surface area contributed by atoms with E-state index in [1.165, 1.54) is 11.1 Å². The molecule has 0 aliphatic rings. The number of fused-ring (bicyclic) bond motifs is 1. The standard InChI is InChI=1S/C14H15N3O/c1-4-5-15-14(18)8-17-9-16-12-6-10(2)11(3)7-13(12)17/h1,6-7,9H,5,8H2,2-3H3,(H,15,18). The second-order valence-corrected chi connectivity index (χ2v) is 4.28. The van der Waals surface area contributed by atoms with Gasteiger partial charge in [-0.05, 0) is 37.1 Å². The second-order valence-electron chi connectivity index (χ2n) is 4.28. The third kappa shape index (κ3) is 2.35. The van der Waals surface area contributed by atoms with Gasteiger partial charge in [0.1, 0.15) is 6.54 Å². The summed E-state index contributed by atoms with van der Waals surface area (Å²) in [5.41, 5.74) is 4.26. The van der Waals surface area contributed by atoms with Crippen molar-refractivity contribution in [1.82, 2.24) is 14.9 Å². The van der Waals surface area contributed by atoms with Gasteiger partial charge >= 0.3 is 0 Å². The smallest absolute Gasteiger partial charge is 0.240 e. The molecule has 0 unspecified atom stereocenters. The summed E-state index contributed by atoms with van der Waals surface area (Å²) in [6.07, 6.45) is 6.77. The van der Waals surface area contributed by atoms with Crippen LogP contribution in [0.5, 0.6) is 0 Å². The number of imidazole rings is 1. The minimum absolute atomic E-state index is 0.106. The van der Waals surface area contributed by atoms with Gasteiger partial charge in [0.15, 0.2) is 0 Å². The van der Waals surface area contributed by atoms with Crippen molar-refractivity contribution in [2.45, 2.75) is 20.4 Å². The molecule has 4 heteroatoms. The summed E-state index contributed by atoms with van der Waals surface area (Å²) in [6.45, 7) is 4.59. The number of benzene rings is 1. The summed E-state index contributed by atoms with van der Waals surface area (Å²) in [7, 11) is 0. The molecule has 2 rings (SSSR count). The third-order valence-electron chi connectivity index (χ3n) is 2.94. The van der Waals surface area contributed by atoms with Crippen LogP contribution in [0.25, 0.3) is 11.0 Å². The Kier molecular flexibility index (Phi) is 3.33. The van der Waals surface area contributed by atoms with Crippen molar-refractivity contribution in [2.75, 3.05) is 6.54 Å². The van der Waals surface area contributed by atoms with Crippen LogP contribution < -0.4 is 5.32 Å². The number of hydrogen-bond donors (Lipinski definition) is 1. The van der Waals surface area contributed by atoms with Gasteiger partial charge in [-0.25, -0.2) is 4.98 Å². The van der Waals surface area contributed by atoms with E-state index >= 15 is 0 Å². The molecule has 0 atom stereocenters. The van der Waals surface area contributed by atoms with Crippen molar-refractivity contribution < 1.29 is 4.79 Å². The lowest BCUT2D eigenvalue weighted by Gasteiger charge is -2.05. The molecule has 0 bridgehead atoms. The molecule has 0 saturated carbocycles. The molecule has 1 amide bonds. The molecule has 0 aliphatic heterocycles. The first-order chi connectivity index (χ1) is 8.61. The van der Waals surface area contributed by atoms with Crippen molar-refractivity contribution in [2.24, 2.45) is 0 Å². The summed E-state index contributed by atoms with van der Waals surface area (Å²) in [5, 5.41) is 2.64. The number of aryl methyl sites for hydroxylation is 2. The Labute approximate surface area is 106 Å². The molecular formula is C14H15N3O. The van der Waals surface area contributed by atoms with E-state index in [0.717, 1.165) is 11.0 Å². The van der Waals surface area contributed by atoms with E-state index < -0.39 is 0 Å². The summed E-state index contributed by atoms with van der Waals surface area (Å²) < 4.78 is 1.83. The molecule has 0 radical (unpaired) electrons. The lowest BCUT2D eigenvalue weighted by molar-refractivity contribution is -0.121. The van der Waals surface area contributed by atoms with Crippen molar-refractivity contribution in [3.05, 3.63) is 29.6 Å². The number of nitrogens with zero attached hydrogens (tertiary/aromatic N) is 2. The van der Waals surface area contributed by atoms with Crippen LogP contribution >= 0.6 is 0 Å². The van der Waals surface area contributed by atoms with Crippen LogP contribution in [0.4, 0.5) is 0 Å². The lowest BCUT2D eigenvalue weighted by atomic mass is 10.1. The summed E-state index contributed by atoms with van der Waals surface area (Å²) in [6, 6.07) is 4.08. The van der Waals surface area contributed by atoms with E-state index in [2.05, 4.69) is 16.2 Å². The Bertz CT molecular complexity index is 634. The normalized spacial score (nSPS) is 10.3. The molecule has 0 fully saturated rings. The quantitative estimate of drug-likeness (QED) is 0.826. The Balaban J connectivity index is 2.27. The molecule has 4 nitrogen and oxygen atoms in total. The van der Waals surface area contributed by atoms with E-state index in [-0.39, 0.29) is 19.0 Å². The van der Waals surface area contributed by atoms with Crippen LogP contribution in [0, 0.1) is 26.2 Å². The number of terminal acetylenes is 1. The van der Waals surface area contributed by atoms with Gasteiger partial charge in [-0.3, -0.25) is 4.79 Å². The average molecular weight is 241 g/mol. The van der Waals surface area contributed by atoms with Crippen molar-refractivity contribution in [3.63, 3.8) is 0 Å². The predicted octanol–water partition coefficient (Wildman–Crippen LogP) is 1.40. The molecular weight excluding hydrogens is 226 g/mol. The van der Waals surface area contributed by atoms with Crippen molar-refractivity contribution in [3.8, 4) is 12.3 Å². The molecule has 1 heterocycles. The van der Waals surface area contributed by atoms with Gasteiger partial charge < -0.3 is 9.88 Å². The number of carbonyl (C=O) groups excluding carboxylic acids is 1. The summed E-state index contributed by atoms with van der Waals surface area (Å²) in [5.74, 6) is 2.27. The van der Waals surface area contributed by atoms with Crippen molar-refractivity contribution in [1.29, 1.82) is 0 Å². The first-order valence-electron chi connectivity index (χ1n) is 5.74. The zero-order chi connectivity index (χ0) is 13.1. The maximum absolute atomic E-state index is 11.6. The van der Waals surface area contributed by atoms with Gasteiger partial charge in [-0.1, -0.05) is 5.92 Å². The van der Waals surface area contributed by atoms with Crippen LogP contribution in [-0.2, 0) is 11.3 Å². The van der Waals surface area contributed by atoms with E-state index in [1.807, 2.05) is 30.5 Å². The largest absolute Gasteiger partial charge is 0.344 e. The Morgan fingerprint density at radius 2 is 2.17 bits per heavy atom. The fourth-order valence-electron chi connectivity index (χ4n) is 1.80. The molecule has 0 aliphatic carbocycles. The molecule has 0 spiro atoms. The lowest BCUT2D eigenvalue weighted by Crippen LogP contribution is -2.27. The van der Waals surface area contributed by atoms with Crippen molar-refractivity contribution >= 4 is 16.9 Å². The highest BCUT2D eigenvalue weighted by Gasteiger charge is 2.08. The summed E-state index contributed by atoms with van der Waals surface area (Å²) >= 11 is 0. The van der Waals surface area contributed by atoms with Crippen LogP contribution in [0.2, 0.25) is 0 Å². The minimum Gasteiger partial charge on any atom is -0.344 e. The number of nitrogens with one attached hydrogen (secondary N) is 1. The zero-order valence-corrected chi connectivity index (χ0v) is 10.5. The van der Waals surface area contributed by atoms with Gasteiger partial charge in [0.2, 0.25) is 5.91 Å². The topological polar surface area (TPSA) is 46.9 Å². The Morgan fingerprint density at radius 1 is 1.44 bits per heavy atom. The van der Waals surface area contributed by atoms with Crippen LogP contribution in [-0.4, -0.2) is 22.0 Å². The number of aromatic nitrogens is 2. The maximum atomic E-state index is 11.6. The highest BCUT2D eigenvalue weighted by molar-refractivity contribution is 5.81. The minimum atomic E-state index is -0.106. The van der Waals surface area contributed by atoms with Crippen LogP contribution in [0.1, 0.15) is 11.1 Å². The van der Waals surface area contributed by atoms with E-state index in [9.17, 15) is 4.79 Å². The molecule has 18 heavy (non-hydrogen) atoms. The van der Waals surface area contributed by atoms with Gasteiger partial charge in [-0.15, -0.1) is 6.42 Å². The third-order valence-corrected chi connectivity index (χ3v) is 2.94.